The van der Waals surface area contributed by atoms with Crippen molar-refractivity contribution in [3.05, 3.63) is 54.6 Å². The van der Waals surface area contributed by atoms with E-state index in [0.717, 1.165) is 24.9 Å². The van der Waals surface area contributed by atoms with Crippen LogP contribution in [-0.2, 0) is 9.59 Å². The Balaban J connectivity index is 1.24. The molecule has 1 aliphatic heterocycles. The van der Waals surface area contributed by atoms with Crippen LogP contribution in [-0.4, -0.2) is 42.7 Å². The van der Waals surface area contributed by atoms with Crippen LogP contribution in [0.3, 0.4) is 0 Å². The molecule has 1 heterocycles. The minimum absolute atomic E-state index is 0.0132. The van der Waals surface area contributed by atoms with Crippen LogP contribution in [0.25, 0.3) is 0 Å². The van der Waals surface area contributed by atoms with E-state index in [-0.39, 0.29) is 29.8 Å². The number of nitrogens with one attached hydrogen (secondary N) is 1. The first-order chi connectivity index (χ1) is 14.1. The van der Waals surface area contributed by atoms with Gasteiger partial charge in [0.05, 0.1) is 0 Å². The zero-order chi connectivity index (χ0) is 20.3. The minimum Gasteiger partial charge on any atom is -0.484 e. The van der Waals surface area contributed by atoms with E-state index in [4.69, 9.17) is 4.74 Å². The Morgan fingerprint density at radius 3 is 2.45 bits per heavy atom. The summed E-state index contributed by atoms with van der Waals surface area (Å²) in [7, 11) is 0. The largest absolute Gasteiger partial charge is 0.484 e. The first-order valence-corrected chi connectivity index (χ1v) is 11.2. The molecule has 2 aromatic rings. The summed E-state index contributed by atoms with van der Waals surface area (Å²) in [6.45, 7) is 1.46. The molecule has 2 amide bonds. The minimum atomic E-state index is 0.0132. The summed E-state index contributed by atoms with van der Waals surface area (Å²) < 4.78 is 5.57. The van der Waals surface area contributed by atoms with Gasteiger partial charge in [-0.2, -0.15) is 0 Å². The fourth-order valence-electron chi connectivity index (χ4n) is 4.13. The number of carbonyl (C=O) groups excluding carboxylic acids is 2. The van der Waals surface area contributed by atoms with Crippen molar-refractivity contribution in [1.29, 1.82) is 0 Å². The number of para-hydroxylation sites is 1. The summed E-state index contributed by atoms with van der Waals surface area (Å²) in [5.74, 6) is 0.882. The van der Waals surface area contributed by atoms with Gasteiger partial charge in [-0.15, -0.1) is 11.8 Å². The monoisotopic (exact) mass is 410 g/mol. The summed E-state index contributed by atoms with van der Waals surface area (Å²) in [4.78, 5) is 28.1. The molecule has 1 aliphatic carbocycles. The quantitative estimate of drug-likeness (QED) is 0.730. The lowest BCUT2D eigenvalue weighted by Gasteiger charge is -2.32. The lowest BCUT2D eigenvalue weighted by molar-refractivity contribution is -0.135. The molecule has 0 unspecified atom stereocenters. The van der Waals surface area contributed by atoms with Gasteiger partial charge < -0.3 is 15.0 Å². The predicted molar refractivity (Wildman–Crippen MR) is 115 cm³/mol. The van der Waals surface area contributed by atoms with E-state index in [0.29, 0.717) is 18.8 Å². The van der Waals surface area contributed by atoms with Crippen LogP contribution in [0.1, 0.15) is 19.3 Å². The normalized spacial score (nSPS) is 19.6. The topological polar surface area (TPSA) is 58.6 Å². The third kappa shape index (κ3) is 4.58. The summed E-state index contributed by atoms with van der Waals surface area (Å²) in [6, 6.07) is 17.3. The number of nitrogens with zero attached hydrogens (tertiary/aromatic N) is 1. The smallest absolute Gasteiger partial charge is 0.260 e. The molecule has 0 aromatic heterocycles. The molecule has 1 N–H and O–H groups in total. The van der Waals surface area contributed by atoms with Gasteiger partial charge in [-0.1, -0.05) is 18.2 Å². The molecule has 2 aliphatic rings. The van der Waals surface area contributed by atoms with Crippen LogP contribution < -0.4 is 10.1 Å². The maximum Gasteiger partial charge on any atom is 0.260 e. The van der Waals surface area contributed by atoms with Crippen molar-refractivity contribution in [3.63, 3.8) is 0 Å². The number of rotatable bonds is 6. The van der Waals surface area contributed by atoms with E-state index in [1.807, 2.05) is 65.8 Å². The van der Waals surface area contributed by atoms with Crippen LogP contribution >= 0.6 is 11.8 Å². The Morgan fingerprint density at radius 1 is 1.10 bits per heavy atom. The van der Waals surface area contributed by atoms with Gasteiger partial charge in [-0.25, -0.2) is 0 Å². The third-order valence-corrected chi connectivity index (χ3v) is 6.82. The van der Waals surface area contributed by atoms with E-state index >= 15 is 0 Å². The van der Waals surface area contributed by atoms with Crippen LogP contribution in [0.15, 0.2) is 59.5 Å². The maximum absolute atomic E-state index is 12.7. The highest BCUT2D eigenvalue weighted by Crippen LogP contribution is 2.59. The summed E-state index contributed by atoms with van der Waals surface area (Å²) in [5.41, 5.74) is 0.918. The molecule has 6 heteroatoms. The molecule has 1 saturated carbocycles. The number of anilines is 1. The predicted octanol–water partition coefficient (Wildman–Crippen LogP) is 4.05. The summed E-state index contributed by atoms with van der Waals surface area (Å²) in [5, 5.41) is 3.05. The first kappa shape index (κ1) is 19.8. The number of hydrogen-bond acceptors (Lipinski definition) is 4. The molecule has 2 aromatic carbocycles. The zero-order valence-corrected chi connectivity index (χ0v) is 17.4. The van der Waals surface area contributed by atoms with Crippen molar-refractivity contribution in [3.8, 4) is 5.75 Å². The lowest BCUT2D eigenvalue weighted by Crippen LogP contribution is -2.42. The third-order valence-electron chi connectivity index (χ3n) is 6.08. The maximum atomic E-state index is 12.7. The lowest BCUT2D eigenvalue weighted by atomic mass is 9.90. The molecule has 1 saturated heterocycles. The second-order valence-corrected chi connectivity index (χ2v) is 8.70. The van der Waals surface area contributed by atoms with Crippen molar-refractivity contribution in [2.24, 2.45) is 11.3 Å². The number of amides is 2. The van der Waals surface area contributed by atoms with Crippen molar-refractivity contribution < 1.29 is 14.3 Å². The van der Waals surface area contributed by atoms with E-state index in [2.05, 4.69) is 5.32 Å². The Labute approximate surface area is 175 Å². The highest BCUT2D eigenvalue weighted by atomic mass is 32.2. The molecule has 29 heavy (non-hydrogen) atoms. The standard InChI is InChI=1S/C23H26N2O3S/c1-29-19-9-7-17(8-10-19)24-22(27)20-15-23(20)11-13-25(14-12-23)21(26)16-28-18-5-3-2-4-6-18/h2-10,20H,11-16H2,1H3,(H,24,27)/t20-/m0/s1. The molecule has 152 valence electrons. The second kappa shape index (κ2) is 8.49. The van der Waals surface area contributed by atoms with Gasteiger partial charge >= 0.3 is 0 Å². The number of benzene rings is 2. The van der Waals surface area contributed by atoms with Crippen molar-refractivity contribution in [2.45, 2.75) is 24.2 Å². The first-order valence-electron chi connectivity index (χ1n) is 10.0. The number of piperidine rings is 1. The SMILES string of the molecule is CSc1ccc(NC(=O)[C@@H]2CC23CCN(C(=O)COc2ccccc2)CC3)cc1. The van der Waals surface area contributed by atoms with Crippen LogP contribution in [0.5, 0.6) is 5.75 Å². The number of carbonyl (C=O) groups is 2. The molecular formula is C23H26N2O3S. The Kier molecular flexibility index (Phi) is 5.81. The molecule has 4 rings (SSSR count). The highest BCUT2D eigenvalue weighted by Gasteiger charge is 2.58. The van der Waals surface area contributed by atoms with Crippen molar-refractivity contribution >= 4 is 29.3 Å². The molecular weight excluding hydrogens is 384 g/mol. The van der Waals surface area contributed by atoms with E-state index in [9.17, 15) is 9.59 Å². The van der Waals surface area contributed by atoms with Crippen LogP contribution in [0, 0.1) is 11.3 Å². The van der Waals surface area contributed by atoms with Gasteiger partial charge in [-0.05, 0) is 67.3 Å². The van der Waals surface area contributed by atoms with E-state index in [1.165, 1.54) is 4.90 Å². The molecule has 1 spiro atoms. The van der Waals surface area contributed by atoms with Gasteiger partial charge in [0.15, 0.2) is 6.61 Å². The molecule has 0 radical (unpaired) electrons. The fraction of sp³-hybridized carbons (Fsp3) is 0.391. The summed E-state index contributed by atoms with van der Waals surface area (Å²) in [6.07, 6.45) is 4.72. The number of hydrogen-bond donors (Lipinski definition) is 1. The highest BCUT2D eigenvalue weighted by molar-refractivity contribution is 7.98. The van der Waals surface area contributed by atoms with Gasteiger partial charge in [0.1, 0.15) is 5.75 Å². The number of likely N-dealkylation sites (tertiary alicyclic amines) is 1. The Hall–Kier alpha value is -2.47. The second-order valence-electron chi connectivity index (χ2n) is 7.82. The molecule has 1 atom stereocenters. The fourth-order valence-corrected chi connectivity index (χ4v) is 4.54. The molecule has 5 nitrogen and oxygen atoms in total. The Bertz CT molecular complexity index is 861. The van der Waals surface area contributed by atoms with Crippen molar-refractivity contribution in [2.75, 3.05) is 31.3 Å². The molecule has 0 bridgehead atoms. The van der Waals surface area contributed by atoms with Crippen molar-refractivity contribution in [1.82, 2.24) is 4.90 Å². The number of thioether (sulfide) groups is 1. The van der Waals surface area contributed by atoms with Gasteiger partial charge in [0.25, 0.3) is 5.91 Å². The molecule has 2 fully saturated rings. The van der Waals surface area contributed by atoms with Gasteiger partial charge in [-0.3, -0.25) is 9.59 Å². The van der Waals surface area contributed by atoms with Gasteiger partial charge in [0, 0.05) is 29.6 Å². The van der Waals surface area contributed by atoms with E-state index in [1.54, 1.807) is 11.8 Å². The van der Waals surface area contributed by atoms with E-state index < -0.39 is 0 Å². The van der Waals surface area contributed by atoms with Gasteiger partial charge in [0.2, 0.25) is 5.91 Å². The number of ether oxygens (including phenoxy) is 1. The average Bonchev–Trinajstić information content (AvgIpc) is 3.47. The van der Waals surface area contributed by atoms with Crippen LogP contribution in [0.2, 0.25) is 0 Å². The summed E-state index contributed by atoms with van der Waals surface area (Å²) >= 11 is 1.68. The zero-order valence-electron chi connectivity index (χ0n) is 16.6. The van der Waals surface area contributed by atoms with Crippen LogP contribution in [0.4, 0.5) is 5.69 Å². The average molecular weight is 411 g/mol. The Morgan fingerprint density at radius 2 is 1.79 bits per heavy atom.